The Kier molecular flexibility index (Phi) is 3.04. The molecule has 0 unspecified atom stereocenters. The summed E-state index contributed by atoms with van der Waals surface area (Å²) in [6.45, 7) is 0. The maximum absolute atomic E-state index is 4.50. The number of pyridine rings is 1. The third kappa shape index (κ3) is 2.67. The van der Waals surface area contributed by atoms with Crippen molar-refractivity contribution in [3.05, 3.63) is 28.5 Å². The van der Waals surface area contributed by atoms with Crippen LogP contribution in [-0.4, -0.2) is 18.3 Å². The van der Waals surface area contributed by atoms with E-state index in [4.69, 9.17) is 0 Å². The van der Waals surface area contributed by atoms with Gasteiger partial charge in [0.15, 0.2) is 0 Å². The second-order valence-electron chi connectivity index (χ2n) is 1.80. The first kappa shape index (κ1) is 8.20. The van der Waals surface area contributed by atoms with Gasteiger partial charge in [-0.25, -0.2) is 4.98 Å². The van der Waals surface area contributed by atoms with Crippen LogP contribution in [0.5, 0.6) is 0 Å². The molecule has 0 aliphatic heterocycles. The molecule has 0 amide bonds. The Hall–Kier alpha value is -0.900. The zero-order chi connectivity index (χ0) is 8.10. The lowest BCUT2D eigenvalue weighted by Crippen LogP contribution is -1.86. The summed E-state index contributed by atoms with van der Waals surface area (Å²) in [4.78, 5) is 8.60. The first-order valence-corrected chi connectivity index (χ1v) is 3.81. The minimum atomic E-state index is 0.765. The SMILES string of the molecule is CO/N=C\c1cccc(Br)n1. The van der Waals surface area contributed by atoms with Gasteiger partial charge in [-0.05, 0) is 28.1 Å². The molecule has 0 saturated heterocycles. The van der Waals surface area contributed by atoms with Crippen molar-refractivity contribution in [2.75, 3.05) is 7.11 Å². The Morgan fingerprint density at radius 1 is 1.64 bits per heavy atom. The molecule has 0 aliphatic rings. The highest BCUT2D eigenvalue weighted by molar-refractivity contribution is 9.10. The van der Waals surface area contributed by atoms with E-state index >= 15 is 0 Å². The average Bonchev–Trinajstić information content (AvgIpc) is 2.01. The van der Waals surface area contributed by atoms with E-state index in [2.05, 4.69) is 30.9 Å². The van der Waals surface area contributed by atoms with Gasteiger partial charge in [-0.3, -0.25) is 0 Å². The van der Waals surface area contributed by atoms with Gasteiger partial charge in [-0.1, -0.05) is 11.2 Å². The molecule has 1 aromatic rings. The van der Waals surface area contributed by atoms with Crippen molar-refractivity contribution in [1.29, 1.82) is 0 Å². The number of oxime groups is 1. The highest BCUT2D eigenvalue weighted by atomic mass is 79.9. The zero-order valence-corrected chi connectivity index (χ0v) is 7.58. The van der Waals surface area contributed by atoms with Crippen LogP contribution in [0.1, 0.15) is 5.69 Å². The Balaban J connectivity index is 2.79. The van der Waals surface area contributed by atoms with Crippen LogP contribution in [0.4, 0.5) is 0 Å². The summed E-state index contributed by atoms with van der Waals surface area (Å²) < 4.78 is 0.789. The number of hydrogen-bond acceptors (Lipinski definition) is 3. The van der Waals surface area contributed by atoms with Gasteiger partial charge in [-0.2, -0.15) is 0 Å². The highest BCUT2D eigenvalue weighted by Crippen LogP contribution is 2.04. The quantitative estimate of drug-likeness (QED) is 0.428. The molecule has 0 aromatic carbocycles. The fraction of sp³-hybridized carbons (Fsp3) is 0.143. The molecule has 3 nitrogen and oxygen atoms in total. The minimum absolute atomic E-state index is 0.765. The molecular formula is C7H7BrN2O. The van der Waals surface area contributed by atoms with Gasteiger partial charge in [0.2, 0.25) is 0 Å². The van der Waals surface area contributed by atoms with Crippen LogP contribution >= 0.6 is 15.9 Å². The van der Waals surface area contributed by atoms with E-state index in [9.17, 15) is 0 Å². The third-order valence-corrected chi connectivity index (χ3v) is 1.47. The largest absolute Gasteiger partial charge is 0.399 e. The standard InChI is InChI=1S/C7H7BrN2O/c1-11-9-5-6-3-2-4-7(8)10-6/h2-5H,1H3/b9-5-. The van der Waals surface area contributed by atoms with Gasteiger partial charge < -0.3 is 4.84 Å². The van der Waals surface area contributed by atoms with Crippen LogP contribution in [-0.2, 0) is 4.84 Å². The molecule has 0 N–H and O–H groups in total. The van der Waals surface area contributed by atoms with Crippen LogP contribution in [0.3, 0.4) is 0 Å². The van der Waals surface area contributed by atoms with Crippen LogP contribution in [0.2, 0.25) is 0 Å². The lowest BCUT2D eigenvalue weighted by Gasteiger charge is -1.91. The fourth-order valence-electron chi connectivity index (χ4n) is 0.603. The van der Waals surface area contributed by atoms with Gasteiger partial charge in [0.25, 0.3) is 0 Å². The highest BCUT2D eigenvalue weighted by Gasteiger charge is 1.89. The number of halogens is 1. The molecule has 0 radical (unpaired) electrons. The molecule has 0 saturated carbocycles. The maximum atomic E-state index is 4.50. The fourth-order valence-corrected chi connectivity index (χ4v) is 0.960. The topological polar surface area (TPSA) is 34.5 Å². The first-order valence-electron chi connectivity index (χ1n) is 3.02. The number of hydrogen-bond donors (Lipinski definition) is 0. The molecular weight excluding hydrogens is 208 g/mol. The molecule has 4 heteroatoms. The molecule has 0 spiro atoms. The van der Waals surface area contributed by atoms with E-state index in [-0.39, 0.29) is 0 Å². The van der Waals surface area contributed by atoms with Crippen molar-refractivity contribution >= 4 is 22.1 Å². The second kappa shape index (κ2) is 4.08. The van der Waals surface area contributed by atoms with Gasteiger partial charge in [0.1, 0.15) is 11.7 Å². The Morgan fingerprint density at radius 3 is 3.09 bits per heavy atom. The van der Waals surface area contributed by atoms with E-state index < -0.39 is 0 Å². The van der Waals surface area contributed by atoms with Crippen molar-refractivity contribution in [3.8, 4) is 0 Å². The van der Waals surface area contributed by atoms with E-state index in [0.717, 1.165) is 10.3 Å². The average molecular weight is 215 g/mol. The van der Waals surface area contributed by atoms with Crippen LogP contribution < -0.4 is 0 Å². The Labute approximate surface area is 73.2 Å². The summed E-state index contributed by atoms with van der Waals surface area (Å²) in [5, 5.41) is 3.57. The minimum Gasteiger partial charge on any atom is -0.399 e. The molecule has 1 rings (SSSR count). The maximum Gasteiger partial charge on any atom is 0.106 e. The molecule has 0 fully saturated rings. The smallest absolute Gasteiger partial charge is 0.106 e. The number of rotatable bonds is 2. The third-order valence-electron chi connectivity index (χ3n) is 1.03. The molecule has 11 heavy (non-hydrogen) atoms. The zero-order valence-electron chi connectivity index (χ0n) is 5.99. The first-order chi connectivity index (χ1) is 5.33. The molecule has 58 valence electrons. The van der Waals surface area contributed by atoms with Gasteiger partial charge >= 0.3 is 0 Å². The van der Waals surface area contributed by atoms with E-state index in [1.54, 1.807) is 6.21 Å². The summed E-state index contributed by atoms with van der Waals surface area (Å²) in [5.41, 5.74) is 0.765. The van der Waals surface area contributed by atoms with Crippen LogP contribution in [0.15, 0.2) is 28.0 Å². The number of aromatic nitrogens is 1. The van der Waals surface area contributed by atoms with Crippen molar-refractivity contribution in [2.45, 2.75) is 0 Å². The molecule has 0 aliphatic carbocycles. The van der Waals surface area contributed by atoms with Gasteiger partial charge in [-0.15, -0.1) is 0 Å². The summed E-state index contributed by atoms with van der Waals surface area (Å²) in [6, 6.07) is 5.57. The summed E-state index contributed by atoms with van der Waals surface area (Å²) in [6.07, 6.45) is 1.55. The molecule has 1 heterocycles. The van der Waals surface area contributed by atoms with Crippen LogP contribution in [0, 0.1) is 0 Å². The van der Waals surface area contributed by atoms with Gasteiger partial charge in [0.05, 0.1) is 11.9 Å². The Bertz CT molecular complexity index is 262. The summed E-state index contributed by atoms with van der Waals surface area (Å²) >= 11 is 3.24. The monoisotopic (exact) mass is 214 g/mol. The van der Waals surface area contributed by atoms with Gasteiger partial charge in [0, 0.05) is 0 Å². The predicted octanol–water partition coefficient (Wildman–Crippen LogP) is 1.82. The Morgan fingerprint density at radius 2 is 2.45 bits per heavy atom. The van der Waals surface area contributed by atoms with Crippen molar-refractivity contribution in [2.24, 2.45) is 5.16 Å². The predicted molar refractivity (Wildman–Crippen MR) is 46.5 cm³/mol. The second-order valence-corrected chi connectivity index (χ2v) is 2.61. The number of nitrogens with zero attached hydrogens (tertiary/aromatic N) is 2. The summed E-state index contributed by atoms with van der Waals surface area (Å²) in [5.74, 6) is 0. The van der Waals surface area contributed by atoms with Crippen molar-refractivity contribution < 1.29 is 4.84 Å². The lowest BCUT2D eigenvalue weighted by atomic mass is 10.4. The normalized spacial score (nSPS) is 10.4. The van der Waals surface area contributed by atoms with E-state index in [1.165, 1.54) is 7.11 Å². The molecule has 1 aromatic heterocycles. The lowest BCUT2D eigenvalue weighted by molar-refractivity contribution is 0.215. The van der Waals surface area contributed by atoms with Crippen molar-refractivity contribution in [1.82, 2.24) is 4.98 Å². The van der Waals surface area contributed by atoms with Crippen molar-refractivity contribution in [3.63, 3.8) is 0 Å². The van der Waals surface area contributed by atoms with E-state index in [0.29, 0.717) is 0 Å². The molecule has 0 atom stereocenters. The van der Waals surface area contributed by atoms with E-state index in [1.807, 2.05) is 18.2 Å². The van der Waals surface area contributed by atoms with Crippen LogP contribution in [0.25, 0.3) is 0 Å². The summed E-state index contributed by atoms with van der Waals surface area (Å²) in [7, 11) is 1.49. The molecule has 0 bridgehead atoms.